The lowest BCUT2D eigenvalue weighted by Crippen LogP contribution is -2.16. The lowest BCUT2D eigenvalue weighted by Gasteiger charge is -2.09. The highest BCUT2D eigenvalue weighted by atomic mass is 79.9. The van der Waals surface area contributed by atoms with Crippen LogP contribution < -0.4 is 0 Å². The summed E-state index contributed by atoms with van der Waals surface area (Å²) in [5, 5.41) is 5.60. The Kier molecular flexibility index (Phi) is 2.43. The lowest BCUT2D eigenvalue weighted by molar-refractivity contribution is -0.121. The third-order valence-electron chi connectivity index (χ3n) is 1.69. The van der Waals surface area contributed by atoms with Gasteiger partial charge in [0, 0.05) is 12.6 Å². The molecule has 4 nitrogen and oxygen atoms in total. The van der Waals surface area contributed by atoms with Crippen LogP contribution in [-0.2, 0) is 11.4 Å². The Balaban J connectivity index is 1.94. The molecule has 0 aliphatic carbocycles. The van der Waals surface area contributed by atoms with Gasteiger partial charge >= 0.3 is 0 Å². The normalized spacial score (nSPS) is 18.8. The van der Waals surface area contributed by atoms with Crippen LogP contribution in [0.2, 0.25) is 0 Å². The average molecular weight is 233 g/mol. The van der Waals surface area contributed by atoms with E-state index in [1.165, 1.54) is 0 Å². The number of hydrogen-bond acceptors (Lipinski definition) is 4. The van der Waals surface area contributed by atoms with Crippen molar-refractivity contribution >= 4 is 15.9 Å². The second kappa shape index (κ2) is 3.55. The summed E-state index contributed by atoms with van der Waals surface area (Å²) in [5.74, 6) is 0.823. The van der Waals surface area contributed by atoms with Gasteiger partial charge in [-0.1, -0.05) is 5.16 Å². The van der Waals surface area contributed by atoms with E-state index in [1.807, 2.05) is 11.1 Å². The molecule has 2 rings (SSSR count). The van der Waals surface area contributed by atoms with Crippen molar-refractivity contribution in [2.45, 2.75) is 13.0 Å². The zero-order valence-electron chi connectivity index (χ0n) is 6.49. The molecule has 5 heteroatoms. The quantitative estimate of drug-likeness (QED) is 0.777. The van der Waals surface area contributed by atoms with Gasteiger partial charge in [-0.25, -0.2) is 0 Å². The Morgan fingerprint density at radius 3 is 3.17 bits per heavy atom. The van der Waals surface area contributed by atoms with E-state index in [2.05, 4.69) is 21.1 Å². The van der Waals surface area contributed by atoms with Crippen LogP contribution in [0, 0.1) is 0 Å². The van der Waals surface area contributed by atoms with Crippen molar-refractivity contribution in [1.82, 2.24) is 10.2 Å². The predicted octanol–water partition coefficient (Wildman–Crippen LogP) is 1.57. The molecule has 0 saturated carbocycles. The lowest BCUT2D eigenvalue weighted by atomic mass is 10.4. The highest BCUT2D eigenvalue weighted by molar-refractivity contribution is 9.10. The molecule has 0 unspecified atom stereocenters. The molecular weight excluding hydrogens is 224 g/mol. The summed E-state index contributed by atoms with van der Waals surface area (Å²) >= 11 is 3.22. The van der Waals surface area contributed by atoms with E-state index in [1.54, 1.807) is 0 Å². The summed E-state index contributed by atoms with van der Waals surface area (Å²) in [5.41, 5.74) is 0. The van der Waals surface area contributed by atoms with Crippen LogP contribution in [0.4, 0.5) is 0 Å². The molecule has 2 heterocycles. The molecule has 0 atom stereocenters. The summed E-state index contributed by atoms with van der Waals surface area (Å²) < 4.78 is 5.74. The molecule has 1 fully saturated rings. The summed E-state index contributed by atoms with van der Waals surface area (Å²) in [6.07, 6.45) is 1.09. The Labute approximate surface area is 78.5 Å². The topological polar surface area (TPSA) is 38.5 Å². The van der Waals surface area contributed by atoms with Gasteiger partial charge in [0.1, 0.15) is 4.60 Å². The van der Waals surface area contributed by atoms with Gasteiger partial charge in [0.2, 0.25) is 0 Å². The molecule has 0 radical (unpaired) electrons. The minimum absolute atomic E-state index is 0.679. The predicted molar refractivity (Wildman–Crippen MR) is 45.2 cm³/mol. The maximum atomic E-state index is 5.30. The molecule has 1 saturated heterocycles. The van der Waals surface area contributed by atoms with E-state index in [-0.39, 0.29) is 0 Å². The van der Waals surface area contributed by atoms with Gasteiger partial charge in [0.25, 0.3) is 0 Å². The smallest absolute Gasteiger partial charge is 0.154 e. The maximum absolute atomic E-state index is 5.30. The molecule has 66 valence electrons. The number of hydrogen-bond donors (Lipinski definition) is 0. The first kappa shape index (κ1) is 8.22. The number of halogens is 1. The van der Waals surface area contributed by atoms with Crippen LogP contribution in [0.5, 0.6) is 0 Å². The third kappa shape index (κ3) is 1.85. The fourth-order valence-electron chi connectivity index (χ4n) is 1.16. The molecule has 1 aliphatic rings. The van der Waals surface area contributed by atoms with Gasteiger partial charge in [-0.3, -0.25) is 4.84 Å². The van der Waals surface area contributed by atoms with E-state index in [0.717, 1.165) is 29.9 Å². The second-order valence-electron chi connectivity index (χ2n) is 2.67. The molecule has 1 aromatic rings. The van der Waals surface area contributed by atoms with E-state index < -0.39 is 0 Å². The number of aromatic nitrogens is 1. The summed E-state index contributed by atoms with van der Waals surface area (Å²) in [6, 6.07) is 1.85. The standard InChI is InChI=1S/C7H9BrN2O2/c8-7-4-6(12-9-7)5-10-2-1-3-11-10/h4H,1-3,5H2. The Bertz CT molecular complexity index is 258. The molecule has 1 aromatic heterocycles. The largest absolute Gasteiger partial charge is 0.359 e. The third-order valence-corrected chi connectivity index (χ3v) is 2.06. The first-order chi connectivity index (χ1) is 5.84. The SMILES string of the molecule is Brc1cc(CN2CCCO2)on1. The summed E-state index contributed by atoms with van der Waals surface area (Å²) in [6.45, 7) is 2.46. The van der Waals surface area contributed by atoms with Crippen molar-refractivity contribution in [3.05, 3.63) is 16.4 Å². The van der Waals surface area contributed by atoms with Gasteiger partial charge in [-0.05, 0) is 22.4 Å². The van der Waals surface area contributed by atoms with Crippen molar-refractivity contribution in [3.63, 3.8) is 0 Å². The van der Waals surface area contributed by atoms with Crippen LogP contribution in [-0.4, -0.2) is 23.4 Å². The molecule has 0 aromatic carbocycles. The van der Waals surface area contributed by atoms with Gasteiger partial charge in [0.15, 0.2) is 5.76 Å². The zero-order valence-corrected chi connectivity index (χ0v) is 8.08. The van der Waals surface area contributed by atoms with E-state index in [9.17, 15) is 0 Å². The Hall–Kier alpha value is -0.390. The fourth-order valence-corrected chi connectivity index (χ4v) is 1.49. The van der Waals surface area contributed by atoms with E-state index in [4.69, 9.17) is 9.36 Å². The molecule has 0 amide bonds. The first-order valence-electron chi connectivity index (χ1n) is 3.83. The van der Waals surface area contributed by atoms with Gasteiger partial charge in [-0.2, -0.15) is 5.06 Å². The first-order valence-corrected chi connectivity index (χ1v) is 4.63. The minimum atomic E-state index is 0.679. The molecule has 1 aliphatic heterocycles. The maximum Gasteiger partial charge on any atom is 0.154 e. The van der Waals surface area contributed by atoms with Crippen molar-refractivity contribution in [2.24, 2.45) is 0 Å². The monoisotopic (exact) mass is 232 g/mol. The zero-order chi connectivity index (χ0) is 8.39. The molecule has 0 spiro atoms. The van der Waals surface area contributed by atoms with Crippen LogP contribution >= 0.6 is 15.9 Å². The van der Waals surface area contributed by atoms with E-state index in [0.29, 0.717) is 6.54 Å². The second-order valence-corrected chi connectivity index (χ2v) is 3.48. The van der Waals surface area contributed by atoms with Crippen molar-refractivity contribution < 1.29 is 9.36 Å². The van der Waals surface area contributed by atoms with Crippen LogP contribution in [0.25, 0.3) is 0 Å². The van der Waals surface area contributed by atoms with E-state index >= 15 is 0 Å². The van der Waals surface area contributed by atoms with Crippen LogP contribution in [0.1, 0.15) is 12.2 Å². The highest BCUT2D eigenvalue weighted by Crippen LogP contribution is 2.14. The molecule has 12 heavy (non-hydrogen) atoms. The van der Waals surface area contributed by atoms with Gasteiger partial charge in [0.05, 0.1) is 13.2 Å². The average Bonchev–Trinajstić information content (AvgIpc) is 2.63. The number of nitrogens with zero attached hydrogens (tertiary/aromatic N) is 2. The summed E-state index contributed by atoms with van der Waals surface area (Å²) in [7, 11) is 0. The van der Waals surface area contributed by atoms with Gasteiger partial charge in [-0.15, -0.1) is 0 Å². The number of hydroxylamine groups is 2. The van der Waals surface area contributed by atoms with Crippen molar-refractivity contribution in [1.29, 1.82) is 0 Å². The van der Waals surface area contributed by atoms with Crippen molar-refractivity contribution in [3.8, 4) is 0 Å². The highest BCUT2D eigenvalue weighted by Gasteiger charge is 2.14. The Morgan fingerprint density at radius 2 is 2.58 bits per heavy atom. The van der Waals surface area contributed by atoms with Gasteiger partial charge < -0.3 is 4.52 Å². The summed E-state index contributed by atoms with van der Waals surface area (Å²) in [4.78, 5) is 5.30. The van der Waals surface area contributed by atoms with Crippen LogP contribution in [0.3, 0.4) is 0 Å². The number of rotatable bonds is 2. The fraction of sp³-hybridized carbons (Fsp3) is 0.571. The van der Waals surface area contributed by atoms with Crippen LogP contribution in [0.15, 0.2) is 15.2 Å². The molecular formula is C7H9BrN2O2. The minimum Gasteiger partial charge on any atom is -0.359 e. The van der Waals surface area contributed by atoms with Crippen molar-refractivity contribution in [2.75, 3.05) is 13.2 Å². The molecule has 0 N–H and O–H groups in total. The Morgan fingerprint density at radius 1 is 1.67 bits per heavy atom. The molecule has 0 bridgehead atoms.